The van der Waals surface area contributed by atoms with Crippen molar-refractivity contribution < 1.29 is 28.9 Å². The van der Waals surface area contributed by atoms with Crippen molar-refractivity contribution in [1.82, 2.24) is 10.2 Å². The first kappa shape index (κ1) is 24.3. The van der Waals surface area contributed by atoms with Crippen LogP contribution >= 0.6 is 11.6 Å². The van der Waals surface area contributed by atoms with Crippen molar-refractivity contribution >= 4 is 34.4 Å². The van der Waals surface area contributed by atoms with E-state index < -0.39 is 17.9 Å². The Balaban J connectivity index is 1.39. The van der Waals surface area contributed by atoms with Crippen molar-refractivity contribution in [3.05, 3.63) is 46.5 Å². The fourth-order valence-corrected chi connectivity index (χ4v) is 3.69. The van der Waals surface area contributed by atoms with E-state index >= 15 is 0 Å². The number of hydrogen-bond acceptors (Lipinski definition) is 6. The van der Waals surface area contributed by atoms with Crippen LogP contribution in [0.1, 0.15) is 42.9 Å². The lowest BCUT2D eigenvalue weighted by Gasteiger charge is -2.33. The Bertz CT molecular complexity index is 975. The number of ether oxygens (including phenoxy) is 3. The first-order valence-electron chi connectivity index (χ1n) is 10.5. The largest absolute Gasteiger partial charge is 0.444 e. The molecule has 0 saturated heterocycles. The lowest BCUT2D eigenvalue weighted by molar-refractivity contribution is -0.0149. The number of aliphatic hydroxyl groups excluding tert-OH is 1. The molecule has 0 fully saturated rings. The van der Waals surface area contributed by atoms with Gasteiger partial charge in [0.25, 0.3) is 5.91 Å². The van der Waals surface area contributed by atoms with Crippen LogP contribution in [0.4, 0.5) is 4.79 Å². The first-order valence-corrected chi connectivity index (χ1v) is 10.9. The fourth-order valence-electron chi connectivity index (χ4n) is 3.47. The van der Waals surface area contributed by atoms with E-state index in [1.165, 1.54) is 4.90 Å². The molecule has 1 unspecified atom stereocenters. The number of carbonyl (C=O) groups excluding carboxylic acids is 2. The van der Waals surface area contributed by atoms with Crippen LogP contribution in [0, 0.1) is 0 Å². The monoisotopic (exact) mass is 464 g/mol. The van der Waals surface area contributed by atoms with Crippen molar-refractivity contribution in [2.24, 2.45) is 0 Å². The first-order chi connectivity index (χ1) is 15.2. The zero-order chi connectivity index (χ0) is 23.3. The summed E-state index contributed by atoms with van der Waals surface area (Å²) in [7, 11) is 0. The van der Waals surface area contributed by atoms with Gasteiger partial charge in [-0.1, -0.05) is 29.8 Å². The van der Waals surface area contributed by atoms with Crippen molar-refractivity contribution in [3.8, 4) is 0 Å². The highest BCUT2D eigenvalue weighted by molar-refractivity contribution is 6.36. The van der Waals surface area contributed by atoms with Crippen LogP contribution in [0.25, 0.3) is 10.8 Å². The fraction of sp³-hybridized carbons (Fsp3) is 0.478. The molecule has 2 aromatic rings. The summed E-state index contributed by atoms with van der Waals surface area (Å²) in [6.45, 7) is 7.20. The Morgan fingerprint density at radius 1 is 1.12 bits per heavy atom. The summed E-state index contributed by atoms with van der Waals surface area (Å²) in [6, 6.07) is 8.84. The molecule has 1 atom stereocenters. The Morgan fingerprint density at radius 3 is 2.56 bits per heavy atom. The number of nitrogens with one attached hydrogen (secondary N) is 1. The molecule has 2 aromatic carbocycles. The number of hydrogen-bond donors (Lipinski definition) is 2. The van der Waals surface area contributed by atoms with E-state index in [1.54, 1.807) is 45.0 Å². The van der Waals surface area contributed by atoms with E-state index in [1.807, 2.05) is 6.07 Å². The molecule has 174 valence electrons. The second-order valence-electron chi connectivity index (χ2n) is 8.39. The molecule has 0 spiro atoms. The number of nitrogens with zero attached hydrogens (tertiary/aromatic N) is 1. The van der Waals surface area contributed by atoms with Gasteiger partial charge in [-0.25, -0.2) is 4.79 Å². The van der Waals surface area contributed by atoms with Crippen LogP contribution in [0.15, 0.2) is 30.3 Å². The number of halogens is 1. The van der Waals surface area contributed by atoms with Gasteiger partial charge in [0, 0.05) is 40.0 Å². The summed E-state index contributed by atoms with van der Waals surface area (Å²) < 4.78 is 16.1. The van der Waals surface area contributed by atoms with Crippen molar-refractivity contribution in [3.63, 3.8) is 0 Å². The van der Waals surface area contributed by atoms with Gasteiger partial charge < -0.3 is 29.5 Å². The van der Waals surface area contributed by atoms with Gasteiger partial charge in [0.2, 0.25) is 0 Å². The maximum Gasteiger partial charge on any atom is 0.407 e. The lowest BCUT2D eigenvalue weighted by atomic mass is 9.93. The topological polar surface area (TPSA) is 97.3 Å². The van der Waals surface area contributed by atoms with E-state index in [0.717, 1.165) is 5.39 Å². The summed E-state index contributed by atoms with van der Waals surface area (Å²) in [4.78, 5) is 25.8. The summed E-state index contributed by atoms with van der Waals surface area (Å²) in [5.74, 6) is -0.258. The molecule has 1 aliphatic rings. The van der Waals surface area contributed by atoms with Crippen LogP contribution in [0.3, 0.4) is 0 Å². The van der Waals surface area contributed by atoms with Crippen molar-refractivity contribution in [2.75, 3.05) is 39.5 Å². The summed E-state index contributed by atoms with van der Waals surface area (Å²) in [5.41, 5.74) is 0.635. The second kappa shape index (κ2) is 10.5. The van der Waals surface area contributed by atoms with Crippen LogP contribution in [-0.4, -0.2) is 67.1 Å². The molecule has 0 aromatic heterocycles. The highest BCUT2D eigenvalue weighted by Crippen LogP contribution is 2.38. The maximum absolute atomic E-state index is 12.9. The number of rotatable bonds is 9. The third-order valence-electron chi connectivity index (χ3n) is 4.85. The van der Waals surface area contributed by atoms with Gasteiger partial charge >= 0.3 is 6.09 Å². The quantitative estimate of drug-likeness (QED) is 0.551. The molecule has 3 rings (SSSR count). The second-order valence-corrected chi connectivity index (χ2v) is 8.80. The highest BCUT2D eigenvalue weighted by Gasteiger charge is 2.32. The van der Waals surface area contributed by atoms with Crippen LogP contribution in [0.2, 0.25) is 5.02 Å². The van der Waals surface area contributed by atoms with Crippen LogP contribution in [0.5, 0.6) is 0 Å². The molecule has 0 bridgehead atoms. The third-order valence-corrected chi connectivity index (χ3v) is 5.18. The molecule has 2 amide bonds. The van der Waals surface area contributed by atoms with E-state index in [4.69, 9.17) is 25.8 Å². The number of carbonyl (C=O) groups is 2. The van der Waals surface area contributed by atoms with Gasteiger partial charge in [0.05, 0.1) is 26.4 Å². The van der Waals surface area contributed by atoms with Gasteiger partial charge in [-0.15, -0.1) is 0 Å². The molecule has 0 radical (unpaired) electrons. The van der Waals surface area contributed by atoms with Gasteiger partial charge in [0.1, 0.15) is 5.60 Å². The predicted molar refractivity (Wildman–Crippen MR) is 121 cm³/mol. The molecule has 0 aliphatic carbocycles. The molecule has 8 nitrogen and oxygen atoms in total. The normalized spacial score (nSPS) is 15.8. The van der Waals surface area contributed by atoms with E-state index in [9.17, 15) is 14.7 Å². The molecule has 9 heteroatoms. The molecule has 2 N–H and O–H groups in total. The third kappa shape index (κ3) is 5.89. The summed E-state index contributed by atoms with van der Waals surface area (Å²) in [5, 5.41) is 15.3. The maximum atomic E-state index is 12.9. The molecule has 0 saturated carbocycles. The molecule has 1 aliphatic heterocycles. The van der Waals surface area contributed by atoms with Gasteiger partial charge in [-0.3, -0.25) is 4.79 Å². The Hall–Kier alpha value is -2.39. The van der Waals surface area contributed by atoms with Gasteiger partial charge in [0.15, 0.2) is 6.23 Å². The molecule has 1 heterocycles. The Labute approximate surface area is 192 Å². The van der Waals surface area contributed by atoms with Crippen molar-refractivity contribution in [2.45, 2.75) is 32.6 Å². The average Bonchev–Trinajstić information content (AvgIpc) is 2.72. The standard InChI is InChI=1S/C23H29ClN2O6/c1-23(2,3)32-22(29)25-9-11-30-13-14-31-12-10-26-20(27)16-6-4-5-15-18(24)8-7-17(19(15)16)21(26)28/h4-8,21,28H,9-14H2,1-3H3,(H,25,29). The lowest BCUT2D eigenvalue weighted by Crippen LogP contribution is -2.40. The highest BCUT2D eigenvalue weighted by atomic mass is 35.5. The Kier molecular flexibility index (Phi) is 7.95. The molecule has 32 heavy (non-hydrogen) atoms. The van der Waals surface area contributed by atoms with E-state index in [-0.39, 0.29) is 19.1 Å². The number of alkyl carbamates (subject to hydrolysis) is 1. The van der Waals surface area contributed by atoms with E-state index in [0.29, 0.717) is 47.9 Å². The number of benzene rings is 2. The summed E-state index contributed by atoms with van der Waals surface area (Å²) in [6.07, 6.45) is -1.54. The molecular formula is C23H29ClN2O6. The van der Waals surface area contributed by atoms with Crippen LogP contribution in [-0.2, 0) is 14.2 Å². The Morgan fingerprint density at radius 2 is 1.84 bits per heavy atom. The molecular weight excluding hydrogens is 436 g/mol. The number of amides is 2. The zero-order valence-corrected chi connectivity index (χ0v) is 19.3. The van der Waals surface area contributed by atoms with E-state index in [2.05, 4.69) is 5.32 Å². The predicted octanol–water partition coefficient (Wildman–Crippen LogP) is 3.50. The zero-order valence-electron chi connectivity index (χ0n) is 18.5. The minimum Gasteiger partial charge on any atom is -0.444 e. The van der Waals surface area contributed by atoms with Crippen LogP contribution < -0.4 is 5.32 Å². The van der Waals surface area contributed by atoms with Gasteiger partial charge in [-0.05, 0) is 32.9 Å². The minimum atomic E-state index is -1.06. The number of aliphatic hydroxyl groups is 1. The average molecular weight is 465 g/mol. The minimum absolute atomic E-state index is 0.235. The van der Waals surface area contributed by atoms with Gasteiger partial charge in [-0.2, -0.15) is 0 Å². The SMILES string of the molecule is CC(C)(C)OC(=O)NCCOCCOCCN1C(=O)c2cccc3c(Cl)ccc(c23)C1O. The smallest absolute Gasteiger partial charge is 0.407 e. The summed E-state index contributed by atoms with van der Waals surface area (Å²) >= 11 is 6.25. The van der Waals surface area contributed by atoms with Crippen molar-refractivity contribution in [1.29, 1.82) is 0 Å².